The Kier molecular flexibility index (Phi) is 2.17. The number of amides is 1. The second kappa shape index (κ2) is 3.20. The van der Waals surface area contributed by atoms with Crippen molar-refractivity contribution < 1.29 is 4.79 Å². The number of hydrogen-bond donors (Lipinski definition) is 1. The molecule has 3 nitrogen and oxygen atoms in total. The van der Waals surface area contributed by atoms with Crippen molar-refractivity contribution in [1.82, 2.24) is 4.98 Å². The van der Waals surface area contributed by atoms with Crippen LogP contribution in [0.15, 0.2) is 12.3 Å². The van der Waals surface area contributed by atoms with Crippen molar-refractivity contribution in [3.63, 3.8) is 0 Å². The van der Waals surface area contributed by atoms with Crippen LogP contribution in [0.3, 0.4) is 0 Å². The Morgan fingerprint density at radius 1 is 1.69 bits per heavy atom. The first kappa shape index (κ1) is 8.84. The smallest absolute Gasteiger partial charge is 0.243 e. The maximum absolute atomic E-state index is 11.4. The van der Waals surface area contributed by atoms with Gasteiger partial charge in [-0.3, -0.25) is 4.79 Å². The highest BCUT2D eigenvalue weighted by atomic mass is 35.5. The van der Waals surface area contributed by atoms with Gasteiger partial charge in [-0.25, -0.2) is 4.98 Å². The van der Waals surface area contributed by atoms with Crippen molar-refractivity contribution in [2.45, 2.75) is 5.25 Å². The van der Waals surface area contributed by atoms with Gasteiger partial charge < -0.3 is 5.32 Å². The summed E-state index contributed by atoms with van der Waals surface area (Å²) in [5.74, 6) is 0.617. The van der Waals surface area contributed by atoms with Crippen LogP contribution in [0.4, 0.5) is 5.82 Å². The Hall–Kier alpha value is -0.740. The zero-order chi connectivity index (χ0) is 9.42. The lowest BCUT2D eigenvalue weighted by molar-refractivity contribution is -0.115. The number of rotatable bonds is 1. The van der Waals surface area contributed by atoms with Crippen molar-refractivity contribution in [1.29, 1.82) is 0 Å². The summed E-state index contributed by atoms with van der Waals surface area (Å²) in [6, 6.07) is 1.78. The predicted molar refractivity (Wildman–Crippen MR) is 54.1 cm³/mol. The first-order chi connectivity index (χ1) is 6.22. The Bertz CT molecular complexity index is 369. The molecule has 1 aromatic rings. The molecule has 1 amide bonds. The van der Waals surface area contributed by atoms with Gasteiger partial charge in [0.05, 0.1) is 5.02 Å². The number of carbonyl (C=O) groups excluding carboxylic acids is 1. The highest BCUT2D eigenvalue weighted by Gasteiger charge is 2.30. The molecule has 1 N–H and O–H groups in total. The monoisotopic (exact) mass is 214 g/mol. The molecule has 1 aliphatic rings. The lowest BCUT2D eigenvalue weighted by atomic mass is 10.2. The summed E-state index contributed by atoms with van der Waals surface area (Å²) in [5, 5.41) is 3.09. The Morgan fingerprint density at radius 2 is 2.46 bits per heavy atom. The minimum Gasteiger partial charge on any atom is -0.309 e. The van der Waals surface area contributed by atoms with Crippen LogP contribution in [-0.4, -0.2) is 17.1 Å². The van der Waals surface area contributed by atoms with E-state index in [9.17, 15) is 4.79 Å². The molecule has 1 aliphatic heterocycles. The lowest BCUT2D eigenvalue weighted by Gasteiger charge is -2.02. The lowest BCUT2D eigenvalue weighted by Crippen LogP contribution is -2.08. The van der Waals surface area contributed by atoms with E-state index in [-0.39, 0.29) is 11.2 Å². The number of aromatic nitrogens is 1. The molecule has 0 saturated heterocycles. The second-order valence-corrected chi connectivity index (χ2v) is 4.08. The van der Waals surface area contributed by atoms with E-state index >= 15 is 0 Å². The number of anilines is 1. The van der Waals surface area contributed by atoms with E-state index in [2.05, 4.69) is 10.3 Å². The molecule has 2 rings (SSSR count). The normalized spacial score (nSPS) is 19.8. The molecular weight excluding hydrogens is 208 g/mol. The highest BCUT2D eigenvalue weighted by Crippen LogP contribution is 2.38. The largest absolute Gasteiger partial charge is 0.309 e. The van der Waals surface area contributed by atoms with Gasteiger partial charge in [-0.1, -0.05) is 11.6 Å². The summed E-state index contributed by atoms with van der Waals surface area (Å²) in [5.41, 5.74) is 0.880. The van der Waals surface area contributed by atoms with Crippen molar-refractivity contribution in [2.24, 2.45) is 0 Å². The van der Waals surface area contributed by atoms with Crippen molar-refractivity contribution in [3.05, 3.63) is 22.8 Å². The second-order valence-electron chi connectivity index (χ2n) is 2.70. The van der Waals surface area contributed by atoms with Crippen LogP contribution in [0.1, 0.15) is 10.8 Å². The molecule has 0 aliphatic carbocycles. The van der Waals surface area contributed by atoms with Gasteiger partial charge in [0.1, 0.15) is 11.1 Å². The molecule has 1 aromatic heterocycles. The quantitative estimate of drug-likeness (QED) is 0.779. The van der Waals surface area contributed by atoms with Gasteiger partial charge >= 0.3 is 0 Å². The average molecular weight is 215 g/mol. The van der Waals surface area contributed by atoms with Gasteiger partial charge in [0.2, 0.25) is 5.91 Å². The third kappa shape index (κ3) is 1.40. The molecule has 0 fully saturated rings. The molecule has 0 bridgehead atoms. The number of thioether (sulfide) groups is 1. The molecule has 1 unspecified atom stereocenters. The minimum absolute atomic E-state index is 0.0164. The molecular formula is C8H7ClN2OS. The number of halogens is 1. The minimum atomic E-state index is -0.166. The number of pyridine rings is 1. The van der Waals surface area contributed by atoms with Crippen LogP contribution in [0.25, 0.3) is 0 Å². The number of carbonyl (C=O) groups is 1. The fraction of sp³-hybridized carbons (Fsp3) is 0.250. The number of fused-ring (bicyclic) bond motifs is 1. The zero-order valence-corrected chi connectivity index (χ0v) is 8.45. The van der Waals surface area contributed by atoms with Gasteiger partial charge in [0.25, 0.3) is 0 Å². The van der Waals surface area contributed by atoms with Crippen molar-refractivity contribution in [3.8, 4) is 0 Å². The SMILES string of the molecule is CSC1C(=O)Nc2ncc(Cl)cc21. The van der Waals surface area contributed by atoms with Crippen LogP contribution < -0.4 is 5.32 Å². The molecule has 13 heavy (non-hydrogen) atoms. The maximum Gasteiger partial charge on any atom is 0.243 e. The molecule has 0 spiro atoms. The average Bonchev–Trinajstić information content (AvgIpc) is 2.40. The van der Waals surface area contributed by atoms with Crippen molar-refractivity contribution in [2.75, 3.05) is 11.6 Å². The van der Waals surface area contributed by atoms with Gasteiger partial charge in [-0.2, -0.15) is 0 Å². The summed E-state index contributed by atoms with van der Waals surface area (Å²) in [6.45, 7) is 0. The van der Waals surface area contributed by atoms with Crippen LogP contribution in [0.5, 0.6) is 0 Å². The summed E-state index contributed by atoms with van der Waals surface area (Å²) in [7, 11) is 0. The summed E-state index contributed by atoms with van der Waals surface area (Å²) in [4.78, 5) is 15.4. The van der Waals surface area contributed by atoms with Gasteiger partial charge in [-0.15, -0.1) is 11.8 Å². The fourth-order valence-electron chi connectivity index (χ4n) is 1.32. The van der Waals surface area contributed by atoms with Crippen molar-refractivity contribution >= 4 is 35.1 Å². The predicted octanol–water partition coefficient (Wildman–Crippen LogP) is 2.09. The molecule has 0 radical (unpaired) electrons. The summed E-state index contributed by atoms with van der Waals surface area (Å²) in [6.07, 6.45) is 3.42. The van der Waals surface area contributed by atoms with Crippen LogP contribution in [0, 0.1) is 0 Å². The number of nitrogens with zero attached hydrogens (tertiary/aromatic N) is 1. The third-order valence-corrected chi connectivity index (χ3v) is 3.03. The van der Waals surface area contributed by atoms with Gasteiger partial charge in [0, 0.05) is 11.8 Å². The van der Waals surface area contributed by atoms with E-state index in [1.165, 1.54) is 18.0 Å². The molecule has 2 heterocycles. The third-order valence-electron chi connectivity index (χ3n) is 1.88. The van der Waals surface area contributed by atoms with Gasteiger partial charge in [0.15, 0.2) is 0 Å². The van der Waals surface area contributed by atoms with E-state index in [1.54, 1.807) is 6.07 Å². The molecule has 68 valence electrons. The van der Waals surface area contributed by atoms with E-state index in [0.29, 0.717) is 10.8 Å². The topological polar surface area (TPSA) is 42.0 Å². The molecule has 0 aromatic carbocycles. The zero-order valence-electron chi connectivity index (χ0n) is 6.87. The first-order valence-corrected chi connectivity index (χ1v) is 5.38. The Labute approximate surface area is 84.9 Å². The van der Waals surface area contributed by atoms with E-state index < -0.39 is 0 Å². The van der Waals surface area contributed by atoms with E-state index in [1.807, 2.05) is 6.26 Å². The maximum atomic E-state index is 11.4. The van der Waals surface area contributed by atoms with Crippen LogP contribution in [0.2, 0.25) is 5.02 Å². The highest BCUT2D eigenvalue weighted by molar-refractivity contribution is 7.99. The Balaban J connectivity index is 2.50. The number of nitrogens with one attached hydrogen (secondary N) is 1. The number of hydrogen-bond acceptors (Lipinski definition) is 3. The van der Waals surface area contributed by atoms with Crippen LogP contribution >= 0.6 is 23.4 Å². The summed E-state index contributed by atoms with van der Waals surface area (Å²) < 4.78 is 0. The van der Waals surface area contributed by atoms with Crippen LogP contribution in [-0.2, 0) is 4.79 Å². The standard InChI is InChI=1S/C8H7ClN2OS/c1-13-6-5-2-4(9)3-10-7(5)11-8(6)12/h2-3,6H,1H3,(H,10,11,12). The molecule has 1 atom stereocenters. The summed E-state index contributed by atoms with van der Waals surface area (Å²) >= 11 is 7.26. The Morgan fingerprint density at radius 3 is 3.15 bits per heavy atom. The molecule has 0 saturated carbocycles. The first-order valence-electron chi connectivity index (χ1n) is 3.71. The fourth-order valence-corrected chi connectivity index (χ4v) is 2.19. The van der Waals surface area contributed by atoms with Gasteiger partial charge in [-0.05, 0) is 12.3 Å². The van der Waals surface area contributed by atoms with E-state index in [0.717, 1.165) is 5.56 Å². The molecule has 5 heteroatoms. The van der Waals surface area contributed by atoms with E-state index in [4.69, 9.17) is 11.6 Å².